The van der Waals surface area contributed by atoms with Crippen LogP contribution in [0.5, 0.6) is 0 Å². The van der Waals surface area contributed by atoms with E-state index in [9.17, 15) is 0 Å². The van der Waals surface area contributed by atoms with Crippen LogP contribution in [0.25, 0.3) is 11.1 Å². The van der Waals surface area contributed by atoms with E-state index < -0.39 is 0 Å². The van der Waals surface area contributed by atoms with Gasteiger partial charge in [0.05, 0.1) is 14.2 Å². The van der Waals surface area contributed by atoms with Gasteiger partial charge < -0.3 is 9.47 Å². The van der Waals surface area contributed by atoms with Crippen molar-refractivity contribution in [2.24, 2.45) is 0 Å². The first-order chi connectivity index (χ1) is 5.88. The maximum absolute atomic E-state index is 4.30. The molecule has 2 heteroatoms. The molecule has 0 radical (unpaired) electrons. The lowest BCUT2D eigenvalue weighted by molar-refractivity contribution is 0.336. The van der Waals surface area contributed by atoms with Gasteiger partial charge in [0, 0.05) is 0 Å². The molecule has 0 saturated carbocycles. The van der Waals surface area contributed by atoms with E-state index in [1.54, 1.807) is 0 Å². The van der Waals surface area contributed by atoms with Gasteiger partial charge in [-0.2, -0.15) is 0 Å². The van der Waals surface area contributed by atoms with Gasteiger partial charge in [0.1, 0.15) is 0 Å². The SMILES string of the molecule is COC#COC.c1cc2cc-2c1. The third kappa shape index (κ3) is 2.55. The van der Waals surface area contributed by atoms with Crippen molar-refractivity contribution in [3.8, 4) is 23.3 Å². The highest BCUT2D eigenvalue weighted by Crippen LogP contribution is 2.32. The molecule has 0 aromatic heterocycles. The van der Waals surface area contributed by atoms with Crippen molar-refractivity contribution >= 4 is 0 Å². The summed E-state index contributed by atoms with van der Waals surface area (Å²) in [5.74, 6) is 0. The highest BCUT2D eigenvalue weighted by molar-refractivity contribution is 5.80. The number of hydrogen-bond donors (Lipinski definition) is 0. The van der Waals surface area contributed by atoms with Crippen LogP contribution >= 0.6 is 0 Å². The Hall–Kier alpha value is -1.62. The first kappa shape index (κ1) is 8.48. The minimum Gasteiger partial charge on any atom is -0.448 e. The molecule has 0 aliphatic heterocycles. The van der Waals surface area contributed by atoms with Gasteiger partial charge in [0.2, 0.25) is 0 Å². The molecular formula is C10H10O2. The molecule has 62 valence electrons. The topological polar surface area (TPSA) is 18.5 Å². The average Bonchev–Trinajstić information content (AvgIpc) is 2.72. The maximum Gasteiger partial charge on any atom is 0.154 e. The molecule has 0 fully saturated rings. The summed E-state index contributed by atoms with van der Waals surface area (Å²) in [5, 5.41) is 0. The molecule has 0 atom stereocenters. The van der Waals surface area contributed by atoms with E-state index in [2.05, 4.69) is 46.0 Å². The second-order valence-electron chi connectivity index (χ2n) is 2.19. The quantitative estimate of drug-likeness (QED) is 0.550. The lowest BCUT2D eigenvalue weighted by atomic mass is 10.6. The largest absolute Gasteiger partial charge is 0.448 e. The first-order valence-electron chi connectivity index (χ1n) is 3.55. The standard InChI is InChI=1S/C6H4.C4H6O2/c1-2-5-4-6(5)3-1;1-5-3-4-6-2/h1-4H;1-2H3. The Morgan fingerprint density at radius 2 is 1.50 bits per heavy atom. The summed E-state index contributed by atoms with van der Waals surface area (Å²) in [7, 11) is 2.96. The summed E-state index contributed by atoms with van der Waals surface area (Å²) >= 11 is 0. The Bertz CT molecular complexity index is 282. The molecule has 2 aliphatic carbocycles. The molecule has 2 aliphatic rings. The van der Waals surface area contributed by atoms with Crippen LogP contribution in [0.15, 0.2) is 24.3 Å². The molecule has 12 heavy (non-hydrogen) atoms. The molecular weight excluding hydrogens is 152 g/mol. The van der Waals surface area contributed by atoms with Crippen molar-refractivity contribution in [3.63, 3.8) is 0 Å². The number of hydrogen-bond acceptors (Lipinski definition) is 2. The minimum absolute atomic E-state index is 1.43. The molecule has 0 bridgehead atoms. The molecule has 2 rings (SSSR count). The predicted octanol–water partition coefficient (Wildman–Crippen LogP) is 1.86. The third-order valence-electron chi connectivity index (χ3n) is 1.36. The van der Waals surface area contributed by atoms with E-state index in [0.29, 0.717) is 0 Å². The van der Waals surface area contributed by atoms with Crippen molar-refractivity contribution in [1.82, 2.24) is 0 Å². The number of ether oxygens (including phenoxy) is 2. The summed E-state index contributed by atoms with van der Waals surface area (Å²) in [6, 6.07) is 8.48. The van der Waals surface area contributed by atoms with E-state index >= 15 is 0 Å². The van der Waals surface area contributed by atoms with Crippen LogP contribution in [0.2, 0.25) is 0 Å². The molecule has 0 saturated heterocycles. The van der Waals surface area contributed by atoms with Crippen LogP contribution in [0.3, 0.4) is 0 Å². The van der Waals surface area contributed by atoms with Gasteiger partial charge in [0.25, 0.3) is 0 Å². The van der Waals surface area contributed by atoms with Crippen molar-refractivity contribution in [3.05, 3.63) is 24.3 Å². The van der Waals surface area contributed by atoms with E-state index in [1.165, 1.54) is 25.3 Å². The zero-order valence-electron chi connectivity index (χ0n) is 7.13. The van der Waals surface area contributed by atoms with Crippen LogP contribution in [-0.2, 0) is 9.47 Å². The van der Waals surface area contributed by atoms with E-state index in [1.807, 2.05) is 0 Å². The minimum atomic E-state index is 1.43. The van der Waals surface area contributed by atoms with Gasteiger partial charge in [-0.25, -0.2) is 0 Å². The van der Waals surface area contributed by atoms with Crippen LogP contribution in [0, 0.1) is 12.2 Å². The zero-order chi connectivity index (χ0) is 8.81. The second kappa shape index (κ2) is 4.30. The first-order valence-corrected chi connectivity index (χ1v) is 3.55. The van der Waals surface area contributed by atoms with Crippen LogP contribution in [-0.4, -0.2) is 14.2 Å². The number of methoxy groups -OCH3 is 2. The summed E-state index contributed by atoms with van der Waals surface area (Å²) in [5.41, 5.74) is 2.85. The zero-order valence-corrected chi connectivity index (χ0v) is 7.13. The normalized spacial score (nSPS) is 8.17. The van der Waals surface area contributed by atoms with Crippen molar-refractivity contribution in [2.45, 2.75) is 0 Å². The maximum atomic E-state index is 4.30. The number of benzene rings is 1. The summed E-state index contributed by atoms with van der Waals surface area (Å²) in [4.78, 5) is 0. The van der Waals surface area contributed by atoms with Gasteiger partial charge in [0.15, 0.2) is 12.2 Å². The van der Waals surface area contributed by atoms with E-state index in [0.717, 1.165) is 0 Å². The van der Waals surface area contributed by atoms with E-state index in [4.69, 9.17) is 0 Å². The van der Waals surface area contributed by atoms with Crippen molar-refractivity contribution < 1.29 is 9.47 Å². The molecule has 0 heterocycles. The fourth-order valence-corrected chi connectivity index (χ4v) is 0.759. The lowest BCUT2D eigenvalue weighted by Crippen LogP contribution is -1.67. The van der Waals surface area contributed by atoms with Crippen LogP contribution < -0.4 is 0 Å². The smallest absolute Gasteiger partial charge is 0.154 e. The Morgan fingerprint density at radius 3 is 1.67 bits per heavy atom. The Kier molecular flexibility index (Phi) is 3.04. The number of fused-ring (bicyclic) bond motifs is 1. The van der Waals surface area contributed by atoms with Gasteiger partial charge >= 0.3 is 0 Å². The summed E-state index contributed by atoms with van der Waals surface area (Å²) in [6.07, 6.45) is 4.45. The highest BCUT2D eigenvalue weighted by atomic mass is 16.5. The van der Waals surface area contributed by atoms with Gasteiger partial charge in [-0.05, 0) is 17.2 Å². The lowest BCUT2D eigenvalue weighted by Gasteiger charge is -1.75. The summed E-state index contributed by atoms with van der Waals surface area (Å²) in [6.45, 7) is 0. The predicted molar refractivity (Wildman–Crippen MR) is 47.2 cm³/mol. The Labute approximate surface area is 72.1 Å². The van der Waals surface area contributed by atoms with Gasteiger partial charge in [-0.1, -0.05) is 18.2 Å². The Morgan fingerprint density at radius 1 is 1.00 bits per heavy atom. The van der Waals surface area contributed by atoms with E-state index in [-0.39, 0.29) is 0 Å². The molecule has 0 spiro atoms. The van der Waals surface area contributed by atoms with Crippen molar-refractivity contribution in [1.29, 1.82) is 0 Å². The fraction of sp³-hybridized carbons (Fsp3) is 0.200. The Balaban J connectivity index is 0.000000120. The molecule has 0 amide bonds. The molecule has 0 aromatic carbocycles. The van der Waals surface area contributed by atoms with Gasteiger partial charge in [-0.3, -0.25) is 0 Å². The van der Waals surface area contributed by atoms with Gasteiger partial charge in [-0.15, -0.1) is 0 Å². The second-order valence-corrected chi connectivity index (χ2v) is 2.19. The molecule has 0 N–H and O–H groups in total. The molecule has 2 nitrogen and oxygen atoms in total. The summed E-state index contributed by atoms with van der Waals surface area (Å²) < 4.78 is 8.59. The van der Waals surface area contributed by atoms with Crippen LogP contribution in [0.1, 0.15) is 0 Å². The average molecular weight is 162 g/mol. The van der Waals surface area contributed by atoms with Crippen molar-refractivity contribution in [2.75, 3.05) is 14.2 Å². The molecule has 0 unspecified atom stereocenters. The third-order valence-corrected chi connectivity index (χ3v) is 1.36. The fourth-order valence-electron chi connectivity index (χ4n) is 0.759. The van der Waals surface area contributed by atoms with Crippen LogP contribution in [0.4, 0.5) is 0 Å². The molecule has 0 aromatic rings. The highest BCUT2D eigenvalue weighted by Gasteiger charge is 2.06. The number of rotatable bonds is 0. The monoisotopic (exact) mass is 162 g/mol.